The van der Waals surface area contributed by atoms with Crippen molar-refractivity contribution in [1.82, 2.24) is 0 Å². The minimum Gasteiger partial charge on any atom is -0.504 e. The van der Waals surface area contributed by atoms with Gasteiger partial charge in [-0.05, 0) is 24.1 Å². The number of phenolic OH excluding ortho intramolecular Hbond substituents is 1. The molecule has 1 aromatic rings. The molecule has 3 N–H and O–H groups in total. The zero-order valence-electron chi connectivity index (χ0n) is 9.10. The topological polar surface area (TPSA) is 87.0 Å². The lowest BCUT2D eigenvalue weighted by Crippen LogP contribution is -2.34. The molecule has 5 nitrogen and oxygen atoms in total. The normalized spacial score (nSPS) is 14.2. The Balaban J connectivity index is 3.27. The molecule has 88 valence electrons. The fourth-order valence-electron chi connectivity index (χ4n) is 1.41. The summed E-state index contributed by atoms with van der Waals surface area (Å²) in [5.74, 6) is -1.30. The molecular formula is C11H14O5. The quantitative estimate of drug-likeness (QED) is 0.715. The third-order valence-corrected chi connectivity index (χ3v) is 2.52. The Hall–Kier alpha value is -1.75. The monoisotopic (exact) mass is 226 g/mol. The van der Waals surface area contributed by atoms with E-state index < -0.39 is 11.6 Å². The first-order valence-electron chi connectivity index (χ1n) is 4.79. The number of phenols is 1. The summed E-state index contributed by atoms with van der Waals surface area (Å²) in [6.07, 6.45) is 0.0241. The van der Waals surface area contributed by atoms with Crippen LogP contribution in [0, 0.1) is 0 Å². The summed E-state index contributed by atoms with van der Waals surface area (Å²) in [4.78, 5) is 11.0. The average molecular weight is 226 g/mol. The number of methoxy groups -OCH3 is 1. The lowest BCUT2D eigenvalue weighted by atomic mass is 9.91. The number of rotatable bonds is 4. The van der Waals surface area contributed by atoms with Crippen molar-refractivity contribution >= 4 is 5.97 Å². The standard InChI is InChI=1S/C11H14O5/c1-3-11(15,10(13)14)7-4-5-8(12)9(6-7)16-2/h4-6,12,15H,3H2,1-2H3,(H,13,14). The number of carbonyl (C=O) groups is 1. The third kappa shape index (κ3) is 1.94. The molecule has 5 heteroatoms. The second kappa shape index (κ2) is 4.40. The number of carboxylic acid groups (broad SMARTS) is 1. The van der Waals surface area contributed by atoms with E-state index in [1.54, 1.807) is 6.92 Å². The molecular weight excluding hydrogens is 212 g/mol. The molecule has 1 rings (SSSR count). The Morgan fingerprint density at radius 3 is 2.56 bits per heavy atom. The number of aliphatic carboxylic acids is 1. The average Bonchev–Trinajstić information content (AvgIpc) is 2.28. The van der Waals surface area contributed by atoms with Crippen molar-refractivity contribution in [2.24, 2.45) is 0 Å². The summed E-state index contributed by atoms with van der Waals surface area (Å²) in [5, 5.41) is 28.3. The molecule has 1 atom stereocenters. The van der Waals surface area contributed by atoms with E-state index in [1.165, 1.54) is 25.3 Å². The van der Waals surface area contributed by atoms with Gasteiger partial charge in [0.25, 0.3) is 0 Å². The maximum Gasteiger partial charge on any atom is 0.340 e. The van der Waals surface area contributed by atoms with Crippen molar-refractivity contribution in [1.29, 1.82) is 0 Å². The first-order chi connectivity index (χ1) is 7.45. The van der Waals surface area contributed by atoms with E-state index in [-0.39, 0.29) is 23.5 Å². The third-order valence-electron chi connectivity index (χ3n) is 2.52. The van der Waals surface area contributed by atoms with Crippen molar-refractivity contribution in [2.75, 3.05) is 7.11 Å². The summed E-state index contributed by atoms with van der Waals surface area (Å²) >= 11 is 0. The highest BCUT2D eigenvalue weighted by atomic mass is 16.5. The second-order valence-electron chi connectivity index (χ2n) is 3.41. The van der Waals surface area contributed by atoms with Gasteiger partial charge in [0.15, 0.2) is 17.1 Å². The van der Waals surface area contributed by atoms with E-state index in [0.717, 1.165) is 0 Å². The van der Waals surface area contributed by atoms with Crippen LogP contribution in [-0.2, 0) is 10.4 Å². The molecule has 0 radical (unpaired) electrons. The van der Waals surface area contributed by atoms with E-state index in [4.69, 9.17) is 9.84 Å². The van der Waals surface area contributed by atoms with Crippen molar-refractivity contribution < 1.29 is 24.9 Å². The molecule has 0 bridgehead atoms. The maximum atomic E-state index is 11.0. The van der Waals surface area contributed by atoms with Crippen molar-refractivity contribution in [3.8, 4) is 11.5 Å². The molecule has 0 aromatic heterocycles. The number of hydrogen-bond acceptors (Lipinski definition) is 4. The van der Waals surface area contributed by atoms with Gasteiger partial charge in [0.1, 0.15) is 0 Å². The summed E-state index contributed by atoms with van der Waals surface area (Å²) in [6, 6.07) is 3.96. The number of hydrogen-bond donors (Lipinski definition) is 3. The van der Waals surface area contributed by atoms with Crippen LogP contribution in [0.3, 0.4) is 0 Å². The van der Waals surface area contributed by atoms with E-state index in [9.17, 15) is 15.0 Å². The molecule has 0 aliphatic rings. The van der Waals surface area contributed by atoms with Crippen LogP contribution in [0.25, 0.3) is 0 Å². The lowest BCUT2D eigenvalue weighted by molar-refractivity contribution is -0.160. The van der Waals surface area contributed by atoms with E-state index >= 15 is 0 Å². The Bertz CT molecular complexity index is 401. The van der Waals surface area contributed by atoms with Gasteiger partial charge in [-0.3, -0.25) is 0 Å². The lowest BCUT2D eigenvalue weighted by Gasteiger charge is -2.22. The summed E-state index contributed by atoms with van der Waals surface area (Å²) in [7, 11) is 1.35. The Morgan fingerprint density at radius 1 is 1.50 bits per heavy atom. The van der Waals surface area contributed by atoms with Crippen LogP contribution in [0.4, 0.5) is 0 Å². The highest BCUT2D eigenvalue weighted by Crippen LogP contribution is 2.33. The van der Waals surface area contributed by atoms with Gasteiger partial charge < -0.3 is 20.1 Å². The summed E-state index contributed by atoms with van der Waals surface area (Å²) < 4.78 is 4.85. The number of carboxylic acids is 1. The van der Waals surface area contributed by atoms with Gasteiger partial charge in [-0.2, -0.15) is 0 Å². The molecule has 0 saturated heterocycles. The molecule has 0 spiro atoms. The molecule has 1 aromatic carbocycles. The molecule has 0 fully saturated rings. The molecule has 0 aliphatic carbocycles. The first-order valence-corrected chi connectivity index (χ1v) is 4.79. The molecule has 0 saturated carbocycles. The molecule has 1 unspecified atom stereocenters. The van der Waals surface area contributed by atoms with Crippen LogP contribution in [0.15, 0.2) is 18.2 Å². The SMILES string of the molecule is CCC(O)(C(=O)O)c1ccc(O)c(OC)c1. The van der Waals surface area contributed by atoms with Gasteiger partial charge in [0.05, 0.1) is 7.11 Å². The number of aliphatic hydroxyl groups is 1. The van der Waals surface area contributed by atoms with Crippen LogP contribution in [0.2, 0.25) is 0 Å². The van der Waals surface area contributed by atoms with Gasteiger partial charge in [-0.15, -0.1) is 0 Å². The van der Waals surface area contributed by atoms with Crippen molar-refractivity contribution in [3.63, 3.8) is 0 Å². The Kier molecular flexibility index (Phi) is 3.39. The number of aromatic hydroxyl groups is 1. The van der Waals surface area contributed by atoms with Gasteiger partial charge in [0, 0.05) is 0 Å². The van der Waals surface area contributed by atoms with Gasteiger partial charge in [0.2, 0.25) is 0 Å². The van der Waals surface area contributed by atoms with Crippen LogP contribution in [0.5, 0.6) is 11.5 Å². The smallest absolute Gasteiger partial charge is 0.340 e. The van der Waals surface area contributed by atoms with Crippen molar-refractivity contribution in [2.45, 2.75) is 18.9 Å². The van der Waals surface area contributed by atoms with Crippen LogP contribution >= 0.6 is 0 Å². The molecule has 0 aliphatic heterocycles. The Morgan fingerprint density at radius 2 is 2.12 bits per heavy atom. The van der Waals surface area contributed by atoms with Crippen LogP contribution < -0.4 is 4.74 Å². The minimum absolute atomic E-state index is 0.0241. The molecule has 16 heavy (non-hydrogen) atoms. The van der Waals surface area contributed by atoms with Crippen LogP contribution in [-0.4, -0.2) is 28.4 Å². The summed E-state index contributed by atoms with van der Waals surface area (Å²) in [6.45, 7) is 1.56. The Labute approximate surface area is 92.9 Å². The van der Waals surface area contributed by atoms with E-state index in [2.05, 4.69) is 0 Å². The second-order valence-corrected chi connectivity index (χ2v) is 3.41. The largest absolute Gasteiger partial charge is 0.504 e. The number of benzene rings is 1. The zero-order valence-corrected chi connectivity index (χ0v) is 9.10. The highest BCUT2D eigenvalue weighted by Gasteiger charge is 2.36. The predicted octanol–water partition coefficient (Wildman–Crippen LogP) is 1.08. The first kappa shape index (κ1) is 12.3. The maximum absolute atomic E-state index is 11.0. The van der Waals surface area contributed by atoms with Gasteiger partial charge >= 0.3 is 5.97 Å². The van der Waals surface area contributed by atoms with Gasteiger partial charge in [-0.1, -0.05) is 13.0 Å². The fraction of sp³-hybridized carbons (Fsp3) is 0.364. The van der Waals surface area contributed by atoms with E-state index in [0.29, 0.717) is 0 Å². The van der Waals surface area contributed by atoms with Crippen LogP contribution in [0.1, 0.15) is 18.9 Å². The minimum atomic E-state index is -1.96. The van der Waals surface area contributed by atoms with Crippen molar-refractivity contribution in [3.05, 3.63) is 23.8 Å². The molecule has 0 heterocycles. The summed E-state index contributed by atoms with van der Waals surface area (Å²) in [5.41, 5.74) is -1.78. The van der Waals surface area contributed by atoms with E-state index in [1.807, 2.05) is 0 Å². The molecule has 0 amide bonds. The fourth-order valence-corrected chi connectivity index (χ4v) is 1.41. The predicted molar refractivity (Wildman–Crippen MR) is 56.5 cm³/mol. The highest BCUT2D eigenvalue weighted by molar-refractivity contribution is 5.79. The van der Waals surface area contributed by atoms with Gasteiger partial charge in [-0.25, -0.2) is 4.79 Å². The number of ether oxygens (including phenoxy) is 1. The zero-order chi connectivity index (χ0) is 12.3.